The van der Waals surface area contributed by atoms with Gasteiger partial charge in [-0.15, -0.1) is 0 Å². The Labute approximate surface area is 116 Å². The second-order valence-corrected chi connectivity index (χ2v) is 5.94. The second kappa shape index (κ2) is 5.83. The van der Waals surface area contributed by atoms with Crippen LogP contribution >= 0.6 is 0 Å². The molecule has 19 heavy (non-hydrogen) atoms. The molecule has 1 atom stereocenters. The van der Waals surface area contributed by atoms with E-state index in [0.29, 0.717) is 12.5 Å². The molecule has 1 aliphatic rings. The van der Waals surface area contributed by atoms with Crippen LogP contribution < -0.4 is 9.64 Å². The van der Waals surface area contributed by atoms with Gasteiger partial charge in [0.2, 0.25) is 0 Å². The number of anilines is 1. The molecule has 1 aromatic rings. The van der Waals surface area contributed by atoms with Crippen LogP contribution in [-0.2, 0) is 0 Å². The molecule has 2 rings (SSSR count). The van der Waals surface area contributed by atoms with Gasteiger partial charge in [0.05, 0.1) is 6.61 Å². The Morgan fingerprint density at radius 1 is 1.32 bits per heavy atom. The van der Waals surface area contributed by atoms with Gasteiger partial charge in [-0.2, -0.15) is 0 Å². The van der Waals surface area contributed by atoms with E-state index in [2.05, 4.69) is 30.9 Å². The predicted octanol–water partition coefficient (Wildman–Crippen LogP) is 3.07. The molecule has 1 N–H and O–H groups in total. The third kappa shape index (κ3) is 3.21. The lowest BCUT2D eigenvalue weighted by Gasteiger charge is -2.47. The lowest BCUT2D eigenvalue weighted by atomic mass is 9.84. The molecule has 1 fully saturated rings. The standard InChI is InChI=1S/C16H25NO2/c1-4-19-15-7-5-14(6-8-15)17-11-13(12-18)9-10-16(17,2)3/h5-8,13,18H,4,9-12H2,1-3H3. The zero-order valence-corrected chi connectivity index (χ0v) is 12.2. The average Bonchev–Trinajstić information content (AvgIpc) is 2.40. The minimum Gasteiger partial charge on any atom is -0.494 e. The Morgan fingerprint density at radius 2 is 2.00 bits per heavy atom. The van der Waals surface area contributed by atoms with E-state index in [9.17, 15) is 5.11 Å². The molecule has 0 amide bonds. The first-order valence-corrected chi connectivity index (χ1v) is 7.18. The average molecular weight is 263 g/mol. The molecule has 1 heterocycles. The Balaban J connectivity index is 2.17. The van der Waals surface area contributed by atoms with Crippen molar-refractivity contribution in [3.63, 3.8) is 0 Å². The number of hydrogen-bond donors (Lipinski definition) is 1. The SMILES string of the molecule is CCOc1ccc(N2CC(CO)CCC2(C)C)cc1. The maximum Gasteiger partial charge on any atom is 0.119 e. The molecule has 3 nitrogen and oxygen atoms in total. The van der Waals surface area contributed by atoms with Gasteiger partial charge >= 0.3 is 0 Å². The van der Waals surface area contributed by atoms with Crippen molar-refractivity contribution < 1.29 is 9.84 Å². The van der Waals surface area contributed by atoms with Crippen LogP contribution in [0.2, 0.25) is 0 Å². The van der Waals surface area contributed by atoms with Crippen LogP contribution in [0, 0.1) is 5.92 Å². The third-order valence-electron chi connectivity index (χ3n) is 4.05. The van der Waals surface area contributed by atoms with E-state index >= 15 is 0 Å². The Hall–Kier alpha value is -1.22. The van der Waals surface area contributed by atoms with Crippen LogP contribution in [0.15, 0.2) is 24.3 Å². The first kappa shape index (κ1) is 14.2. The van der Waals surface area contributed by atoms with Gasteiger partial charge in [0.25, 0.3) is 0 Å². The molecule has 0 aromatic heterocycles. The van der Waals surface area contributed by atoms with E-state index in [0.717, 1.165) is 25.1 Å². The van der Waals surface area contributed by atoms with Gasteiger partial charge in [-0.25, -0.2) is 0 Å². The van der Waals surface area contributed by atoms with E-state index in [1.165, 1.54) is 5.69 Å². The molecule has 0 bridgehead atoms. The van der Waals surface area contributed by atoms with Crippen molar-refractivity contribution in [3.05, 3.63) is 24.3 Å². The quantitative estimate of drug-likeness (QED) is 0.906. The summed E-state index contributed by atoms with van der Waals surface area (Å²) in [7, 11) is 0. The highest BCUT2D eigenvalue weighted by atomic mass is 16.5. The summed E-state index contributed by atoms with van der Waals surface area (Å²) >= 11 is 0. The van der Waals surface area contributed by atoms with Gasteiger partial charge in [0.1, 0.15) is 5.75 Å². The Kier molecular flexibility index (Phi) is 4.35. The minimum absolute atomic E-state index is 0.152. The summed E-state index contributed by atoms with van der Waals surface area (Å²) in [6.45, 7) is 8.45. The summed E-state index contributed by atoms with van der Waals surface area (Å²) in [6, 6.07) is 8.29. The van der Waals surface area contributed by atoms with Gasteiger partial charge in [-0.05, 0) is 63.8 Å². The first-order valence-electron chi connectivity index (χ1n) is 7.18. The molecular formula is C16H25NO2. The van der Waals surface area contributed by atoms with Crippen molar-refractivity contribution in [2.24, 2.45) is 5.92 Å². The summed E-state index contributed by atoms with van der Waals surface area (Å²) in [6.07, 6.45) is 2.22. The van der Waals surface area contributed by atoms with Crippen molar-refractivity contribution in [1.82, 2.24) is 0 Å². The molecule has 0 spiro atoms. The molecule has 0 aliphatic carbocycles. The molecule has 0 saturated carbocycles. The number of rotatable bonds is 4. The van der Waals surface area contributed by atoms with E-state index in [1.54, 1.807) is 0 Å². The van der Waals surface area contributed by atoms with Crippen molar-refractivity contribution in [2.45, 2.75) is 39.2 Å². The molecule has 1 unspecified atom stereocenters. The van der Waals surface area contributed by atoms with Crippen LogP contribution in [-0.4, -0.2) is 30.4 Å². The maximum absolute atomic E-state index is 9.39. The molecule has 3 heteroatoms. The van der Waals surface area contributed by atoms with Crippen LogP contribution in [0.25, 0.3) is 0 Å². The number of benzene rings is 1. The van der Waals surface area contributed by atoms with Gasteiger partial charge in [0, 0.05) is 24.4 Å². The number of nitrogens with zero attached hydrogens (tertiary/aromatic N) is 1. The minimum atomic E-state index is 0.152. The largest absolute Gasteiger partial charge is 0.494 e. The van der Waals surface area contributed by atoms with E-state index < -0.39 is 0 Å². The van der Waals surface area contributed by atoms with E-state index in [-0.39, 0.29) is 12.1 Å². The van der Waals surface area contributed by atoms with Gasteiger partial charge < -0.3 is 14.7 Å². The number of ether oxygens (including phenoxy) is 1. The van der Waals surface area contributed by atoms with Crippen LogP contribution in [0.5, 0.6) is 5.75 Å². The lowest BCUT2D eigenvalue weighted by Crippen LogP contribution is -2.51. The van der Waals surface area contributed by atoms with Crippen molar-refractivity contribution in [3.8, 4) is 5.75 Å². The first-order chi connectivity index (χ1) is 9.06. The van der Waals surface area contributed by atoms with Gasteiger partial charge in [-0.1, -0.05) is 0 Å². The topological polar surface area (TPSA) is 32.7 Å². The molecule has 0 radical (unpaired) electrons. The highest BCUT2D eigenvalue weighted by molar-refractivity contribution is 5.51. The van der Waals surface area contributed by atoms with Gasteiger partial charge in [0.15, 0.2) is 0 Å². The van der Waals surface area contributed by atoms with E-state index in [1.807, 2.05) is 19.1 Å². The summed E-state index contributed by atoms with van der Waals surface area (Å²) in [4.78, 5) is 2.41. The van der Waals surface area contributed by atoms with Crippen LogP contribution in [0.1, 0.15) is 33.6 Å². The zero-order valence-electron chi connectivity index (χ0n) is 12.2. The van der Waals surface area contributed by atoms with E-state index in [4.69, 9.17) is 4.74 Å². The lowest BCUT2D eigenvalue weighted by molar-refractivity contribution is 0.181. The van der Waals surface area contributed by atoms with Crippen LogP contribution in [0.4, 0.5) is 5.69 Å². The smallest absolute Gasteiger partial charge is 0.119 e. The Bertz CT molecular complexity index is 400. The maximum atomic E-state index is 9.39. The van der Waals surface area contributed by atoms with Gasteiger partial charge in [-0.3, -0.25) is 0 Å². The second-order valence-electron chi connectivity index (χ2n) is 5.94. The number of piperidine rings is 1. The summed E-state index contributed by atoms with van der Waals surface area (Å²) in [5.41, 5.74) is 1.37. The van der Waals surface area contributed by atoms with Crippen LogP contribution in [0.3, 0.4) is 0 Å². The number of hydrogen-bond acceptors (Lipinski definition) is 3. The normalized spacial score (nSPS) is 22.3. The van der Waals surface area contributed by atoms with Crippen molar-refractivity contribution in [1.29, 1.82) is 0 Å². The Morgan fingerprint density at radius 3 is 2.58 bits per heavy atom. The molecule has 1 saturated heterocycles. The zero-order chi connectivity index (χ0) is 13.9. The predicted molar refractivity (Wildman–Crippen MR) is 78.8 cm³/mol. The number of aliphatic hydroxyl groups excluding tert-OH is 1. The van der Waals surface area contributed by atoms with Crippen molar-refractivity contribution in [2.75, 3.05) is 24.7 Å². The highest BCUT2D eigenvalue weighted by Crippen LogP contribution is 2.35. The van der Waals surface area contributed by atoms with Crippen molar-refractivity contribution >= 4 is 5.69 Å². The summed E-state index contributed by atoms with van der Waals surface area (Å²) < 4.78 is 5.48. The fourth-order valence-corrected chi connectivity index (χ4v) is 2.78. The fraction of sp³-hybridized carbons (Fsp3) is 0.625. The molecule has 1 aliphatic heterocycles. The summed E-state index contributed by atoms with van der Waals surface area (Å²) in [5.74, 6) is 1.30. The molecule has 1 aromatic carbocycles. The number of aliphatic hydroxyl groups is 1. The third-order valence-corrected chi connectivity index (χ3v) is 4.05. The highest BCUT2D eigenvalue weighted by Gasteiger charge is 2.33. The molecule has 106 valence electrons. The monoisotopic (exact) mass is 263 g/mol. The summed E-state index contributed by atoms with van der Waals surface area (Å²) in [5, 5.41) is 9.39. The molecular weight excluding hydrogens is 238 g/mol. The fourth-order valence-electron chi connectivity index (χ4n) is 2.78.